The number of fused-ring (bicyclic) bond motifs is 1. The summed E-state index contributed by atoms with van der Waals surface area (Å²) in [5, 5.41) is 10.0. The molecule has 2 aromatic heterocycles. The van der Waals surface area contributed by atoms with Crippen molar-refractivity contribution in [2.24, 2.45) is 0 Å². The highest BCUT2D eigenvalue weighted by Crippen LogP contribution is 2.25. The lowest BCUT2D eigenvalue weighted by atomic mass is 10.2. The van der Waals surface area contributed by atoms with Crippen LogP contribution in [0.15, 0.2) is 30.7 Å². The highest BCUT2D eigenvalue weighted by Gasteiger charge is 2.38. The summed E-state index contributed by atoms with van der Waals surface area (Å²) in [5.41, 5.74) is 1.69. The number of hydrogen-bond acceptors (Lipinski definition) is 6. The largest absolute Gasteiger partial charge is 0.490 e. The van der Waals surface area contributed by atoms with E-state index < -0.39 is 12.1 Å². The standard InChI is InChI=1S/C18H23N5O2S.C2HF3O2/c1-13-18-21-15(8-16(24)20-10-14-4-3-5-19-9-14)11-22(18)6-7-23(13)17(25)12-26-2;3-2(4,5)1(6)7/h3-5,9,11,13H,6-8,10,12H2,1-2H3,(H,20,24);(H,6,7). The van der Waals surface area contributed by atoms with Gasteiger partial charge < -0.3 is 19.9 Å². The number of carboxylic acids is 1. The van der Waals surface area contributed by atoms with Crippen LogP contribution in [0.25, 0.3) is 0 Å². The van der Waals surface area contributed by atoms with Crippen LogP contribution >= 0.6 is 11.8 Å². The molecule has 0 aliphatic carbocycles. The monoisotopic (exact) mass is 487 g/mol. The predicted octanol–water partition coefficient (Wildman–Crippen LogP) is 2.04. The van der Waals surface area contributed by atoms with Crippen molar-refractivity contribution in [2.45, 2.75) is 38.7 Å². The minimum Gasteiger partial charge on any atom is -0.475 e. The number of thioether (sulfide) groups is 1. The second-order valence-electron chi connectivity index (χ2n) is 7.10. The number of alkyl halides is 3. The van der Waals surface area contributed by atoms with Gasteiger partial charge in [0.25, 0.3) is 0 Å². The summed E-state index contributed by atoms with van der Waals surface area (Å²) in [4.78, 5) is 43.8. The van der Waals surface area contributed by atoms with Gasteiger partial charge in [-0.25, -0.2) is 9.78 Å². The van der Waals surface area contributed by atoms with E-state index >= 15 is 0 Å². The summed E-state index contributed by atoms with van der Waals surface area (Å²) in [6.45, 7) is 3.83. The van der Waals surface area contributed by atoms with E-state index in [0.717, 1.165) is 17.1 Å². The molecule has 13 heteroatoms. The van der Waals surface area contributed by atoms with Crippen molar-refractivity contribution in [2.75, 3.05) is 18.6 Å². The summed E-state index contributed by atoms with van der Waals surface area (Å²) in [7, 11) is 0. The zero-order valence-electron chi connectivity index (χ0n) is 18.0. The Hall–Kier alpha value is -3.09. The van der Waals surface area contributed by atoms with Gasteiger partial charge in [0.1, 0.15) is 5.82 Å². The minimum atomic E-state index is -5.08. The minimum absolute atomic E-state index is 0.0735. The van der Waals surface area contributed by atoms with Crippen molar-refractivity contribution in [1.82, 2.24) is 24.8 Å². The zero-order chi connectivity index (χ0) is 24.6. The Bertz CT molecular complexity index is 968. The summed E-state index contributed by atoms with van der Waals surface area (Å²) >= 11 is 1.53. The fraction of sp³-hybridized carbons (Fsp3) is 0.450. The van der Waals surface area contributed by atoms with Crippen LogP contribution in [-0.4, -0.2) is 67.1 Å². The Balaban J connectivity index is 0.000000479. The molecule has 0 aromatic carbocycles. The molecule has 2 amide bonds. The van der Waals surface area contributed by atoms with Gasteiger partial charge in [0.15, 0.2) is 0 Å². The van der Waals surface area contributed by atoms with Gasteiger partial charge in [-0.3, -0.25) is 14.6 Å². The number of amides is 2. The average molecular weight is 488 g/mol. The maximum absolute atomic E-state index is 12.2. The third kappa shape index (κ3) is 7.77. The lowest BCUT2D eigenvalue weighted by molar-refractivity contribution is -0.192. The van der Waals surface area contributed by atoms with Gasteiger partial charge >= 0.3 is 12.1 Å². The van der Waals surface area contributed by atoms with Crippen LogP contribution in [0.1, 0.15) is 30.0 Å². The number of nitrogens with one attached hydrogen (secondary N) is 1. The lowest BCUT2D eigenvalue weighted by Gasteiger charge is -2.33. The summed E-state index contributed by atoms with van der Waals surface area (Å²) in [5.74, 6) is -1.37. The zero-order valence-corrected chi connectivity index (χ0v) is 18.8. The van der Waals surface area contributed by atoms with Crippen LogP contribution in [-0.2, 0) is 33.9 Å². The number of carboxylic acid groups (broad SMARTS) is 1. The molecule has 2 N–H and O–H groups in total. The second kappa shape index (κ2) is 11.7. The molecule has 1 aliphatic rings. The van der Waals surface area contributed by atoms with E-state index in [9.17, 15) is 22.8 Å². The molecular weight excluding hydrogens is 463 g/mol. The van der Waals surface area contributed by atoms with E-state index in [2.05, 4.69) is 19.9 Å². The first kappa shape index (κ1) is 26.2. The van der Waals surface area contributed by atoms with Crippen molar-refractivity contribution in [3.8, 4) is 0 Å². The molecule has 1 aliphatic heterocycles. The van der Waals surface area contributed by atoms with E-state index in [1.165, 1.54) is 11.8 Å². The average Bonchev–Trinajstić information content (AvgIpc) is 3.16. The molecule has 0 saturated carbocycles. The van der Waals surface area contributed by atoms with Gasteiger partial charge in [0.05, 0.1) is 23.9 Å². The molecule has 0 fully saturated rings. The molecule has 1 unspecified atom stereocenters. The Kier molecular flexibility index (Phi) is 9.26. The molecule has 0 radical (unpaired) electrons. The molecule has 33 heavy (non-hydrogen) atoms. The highest BCUT2D eigenvalue weighted by atomic mass is 32.2. The Labute approximate surface area is 192 Å². The maximum atomic E-state index is 12.2. The van der Waals surface area contributed by atoms with Crippen LogP contribution in [0.4, 0.5) is 13.2 Å². The van der Waals surface area contributed by atoms with Crippen molar-refractivity contribution < 1.29 is 32.7 Å². The number of aromatic nitrogens is 3. The quantitative estimate of drug-likeness (QED) is 0.640. The topological polar surface area (TPSA) is 117 Å². The van der Waals surface area contributed by atoms with E-state index in [1.807, 2.05) is 36.4 Å². The third-order valence-electron chi connectivity index (χ3n) is 4.67. The van der Waals surface area contributed by atoms with Gasteiger partial charge in [-0.15, -0.1) is 0 Å². The predicted molar refractivity (Wildman–Crippen MR) is 114 cm³/mol. The van der Waals surface area contributed by atoms with Crippen molar-refractivity contribution in [3.05, 3.63) is 47.8 Å². The van der Waals surface area contributed by atoms with Crippen LogP contribution in [0.2, 0.25) is 0 Å². The third-order valence-corrected chi connectivity index (χ3v) is 5.20. The first-order valence-corrected chi connectivity index (χ1v) is 11.2. The van der Waals surface area contributed by atoms with Crippen molar-refractivity contribution in [1.29, 1.82) is 0 Å². The SMILES string of the molecule is CSCC(=O)N1CCn2cc(CC(=O)NCc3cccnc3)nc2C1C.O=C(O)C(F)(F)F. The van der Waals surface area contributed by atoms with Gasteiger partial charge in [-0.1, -0.05) is 6.07 Å². The van der Waals surface area contributed by atoms with Crippen LogP contribution < -0.4 is 5.32 Å². The normalized spacial score (nSPS) is 15.2. The number of imidazole rings is 1. The Morgan fingerprint density at radius 1 is 1.30 bits per heavy atom. The molecule has 0 saturated heterocycles. The van der Waals surface area contributed by atoms with E-state index in [0.29, 0.717) is 25.4 Å². The first-order chi connectivity index (χ1) is 15.5. The molecule has 0 bridgehead atoms. The number of aliphatic carboxylic acids is 1. The molecule has 9 nitrogen and oxygen atoms in total. The lowest BCUT2D eigenvalue weighted by Crippen LogP contribution is -2.41. The van der Waals surface area contributed by atoms with Gasteiger partial charge in [0, 0.05) is 38.2 Å². The molecule has 0 spiro atoms. The molecule has 2 aromatic rings. The van der Waals surface area contributed by atoms with Crippen LogP contribution in [0.5, 0.6) is 0 Å². The highest BCUT2D eigenvalue weighted by molar-refractivity contribution is 7.99. The van der Waals surface area contributed by atoms with Crippen LogP contribution in [0, 0.1) is 0 Å². The smallest absolute Gasteiger partial charge is 0.475 e. The number of pyridine rings is 1. The Morgan fingerprint density at radius 3 is 2.58 bits per heavy atom. The van der Waals surface area contributed by atoms with Gasteiger partial charge in [-0.2, -0.15) is 24.9 Å². The number of hydrogen-bond donors (Lipinski definition) is 2. The molecule has 3 rings (SSSR count). The fourth-order valence-electron chi connectivity index (χ4n) is 3.11. The number of carbonyl (C=O) groups excluding carboxylic acids is 2. The maximum Gasteiger partial charge on any atom is 0.490 e. The fourth-order valence-corrected chi connectivity index (χ4v) is 3.52. The number of nitrogens with zero attached hydrogens (tertiary/aromatic N) is 4. The number of rotatable bonds is 6. The summed E-state index contributed by atoms with van der Waals surface area (Å²) < 4.78 is 33.8. The van der Waals surface area contributed by atoms with E-state index in [1.54, 1.807) is 12.4 Å². The van der Waals surface area contributed by atoms with Crippen molar-refractivity contribution in [3.63, 3.8) is 0 Å². The van der Waals surface area contributed by atoms with Crippen LogP contribution in [0.3, 0.4) is 0 Å². The van der Waals surface area contributed by atoms with Gasteiger partial charge in [-0.05, 0) is 24.8 Å². The number of carbonyl (C=O) groups is 3. The van der Waals surface area contributed by atoms with Gasteiger partial charge in [0.2, 0.25) is 11.8 Å². The first-order valence-electron chi connectivity index (χ1n) is 9.83. The van der Waals surface area contributed by atoms with E-state index in [4.69, 9.17) is 9.90 Å². The summed E-state index contributed by atoms with van der Waals surface area (Å²) in [6.07, 6.45) is 2.43. The molecule has 3 heterocycles. The number of halogens is 3. The van der Waals surface area contributed by atoms with Crippen molar-refractivity contribution >= 4 is 29.5 Å². The summed E-state index contributed by atoms with van der Waals surface area (Å²) in [6, 6.07) is 3.69. The second-order valence-corrected chi connectivity index (χ2v) is 7.96. The molecular formula is C20H24F3N5O4S. The molecule has 180 valence electrons. The molecule has 1 atom stereocenters. The van der Waals surface area contributed by atoms with E-state index in [-0.39, 0.29) is 24.3 Å². The Morgan fingerprint density at radius 2 is 2.00 bits per heavy atom.